The Labute approximate surface area is 114 Å². The molecule has 20 heavy (non-hydrogen) atoms. The topological polar surface area (TPSA) is 43.4 Å². The van der Waals surface area contributed by atoms with Gasteiger partial charge in [-0.15, -0.1) is 0 Å². The van der Waals surface area contributed by atoms with Crippen LogP contribution in [0.1, 0.15) is 18.1 Å². The number of hydrogen-bond donors (Lipinski definition) is 0. The molecule has 0 aliphatic carbocycles. The van der Waals surface area contributed by atoms with E-state index in [1.165, 1.54) is 6.92 Å². The van der Waals surface area contributed by atoms with E-state index >= 15 is 0 Å². The molecule has 1 atom stereocenters. The molecule has 0 amide bonds. The maximum Gasteiger partial charge on any atom is 0.450 e. The second-order valence-electron chi connectivity index (χ2n) is 4.36. The number of carbonyl (C=O) groups excluding carboxylic acids is 2. The van der Waals surface area contributed by atoms with Gasteiger partial charge in [0.05, 0.1) is 6.61 Å². The molecule has 0 saturated heterocycles. The molecule has 0 spiro atoms. The van der Waals surface area contributed by atoms with E-state index in [1.807, 2.05) is 6.92 Å². The van der Waals surface area contributed by atoms with E-state index in [4.69, 9.17) is 0 Å². The van der Waals surface area contributed by atoms with E-state index in [9.17, 15) is 22.8 Å². The molecule has 0 fully saturated rings. The third-order valence-electron chi connectivity index (χ3n) is 2.73. The quantitative estimate of drug-likeness (QED) is 0.618. The van der Waals surface area contributed by atoms with Crippen molar-refractivity contribution in [2.45, 2.75) is 26.4 Å². The minimum Gasteiger partial charge on any atom is -0.465 e. The van der Waals surface area contributed by atoms with E-state index in [0.717, 1.165) is 5.56 Å². The normalized spacial score (nSPS) is 12.8. The molecule has 1 rings (SSSR count). The summed E-state index contributed by atoms with van der Waals surface area (Å²) in [7, 11) is 0. The molecular formula is C14H15F3O3. The Morgan fingerprint density at radius 2 is 1.75 bits per heavy atom. The summed E-state index contributed by atoms with van der Waals surface area (Å²) in [6.45, 7) is 3.22. The average Bonchev–Trinajstić information content (AvgIpc) is 2.36. The maximum absolute atomic E-state index is 12.5. The fourth-order valence-corrected chi connectivity index (χ4v) is 1.68. The van der Waals surface area contributed by atoms with Gasteiger partial charge in [0.25, 0.3) is 5.78 Å². The third kappa shape index (κ3) is 4.36. The first-order chi connectivity index (χ1) is 9.25. The highest BCUT2D eigenvalue weighted by Gasteiger charge is 2.46. The van der Waals surface area contributed by atoms with Crippen molar-refractivity contribution in [3.8, 4) is 0 Å². The van der Waals surface area contributed by atoms with Crippen LogP contribution in [0.3, 0.4) is 0 Å². The molecule has 110 valence electrons. The van der Waals surface area contributed by atoms with Crippen molar-refractivity contribution in [2.75, 3.05) is 6.61 Å². The van der Waals surface area contributed by atoms with Crippen molar-refractivity contribution >= 4 is 11.8 Å². The largest absolute Gasteiger partial charge is 0.465 e. The number of benzene rings is 1. The number of alkyl halides is 3. The number of Topliss-reactive ketones (excluding diaryl/α,β-unsaturated/α-hetero) is 1. The number of hydrogen-bond acceptors (Lipinski definition) is 3. The summed E-state index contributed by atoms with van der Waals surface area (Å²) >= 11 is 0. The van der Waals surface area contributed by atoms with Gasteiger partial charge < -0.3 is 4.74 Å². The molecule has 0 aromatic heterocycles. The number of halogens is 3. The molecule has 0 saturated carbocycles. The summed E-state index contributed by atoms with van der Waals surface area (Å²) in [5, 5.41) is 0. The van der Waals surface area contributed by atoms with Crippen LogP contribution in [-0.2, 0) is 20.7 Å². The van der Waals surface area contributed by atoms with Gasteiger partial charge in [0, 0.05) is 0 Å². The highest BCUT2D eigenvalue weighted by atomic mass is 19.4. The Hall–Kier alpha value is -1.85. The smallest absolute Gasteiger partial charge is 0.450 e. The zero-order valence-corrected chi connectivity index (χ0v) is 11.2. The number of ether oxygens (including phenoxy) is 1. The van der Waals surface area contributed by atoms with E-state index in [2.05, 4.69) is 4.74 Å². The molecule has 0 aliphatic rings. The zero-order valence-electron chi connectivity index (χ0n) is 11.2. The van der Waals surface area contributed by atoms with Gasteiger partial charge in [-0.05, 0) is 25.8 Å². The first-order valence-corrected chi connectivity index (χ1v) is 6.09. The van der Waals surface area contributed by atoms with Crippen LogP contribution in [0.5, 0.6) is 0 Å². The molecule has 1 aromatic rings. The van der Waals surface area contributed by atoms with E-state index in [-0.39, 0.29) is 13.0 Å². The van der Waals surface area contributed by atoms with Crippen LogP contribution in [-0.4, -0.2) is 24.5 Å². The Kier molecular flexibility index (Phi) is 5.30. The molecule has 6 heteroatoms. The van der Waals surface area contributed by atoms with Gasteiger partial charge in [-0.3, -0.25) is 9.59 Å². The van der Waals surface area contributed by atoms with Crippen molar-refractivity contribution in [3.05, 3.63) is 35.4 Å². The molecule has 1 aromatic carbocycles. The summed E-state index contributed by atoms with van der Waals surface area (Å²) in [5.74, 6) is -5.07. The number of esters is 1. The predicted octanol–water partition coefficient (Wildman–Crippen LogP) is 2.85. The highest BCUT2D eigenvalue weighted by Crippen LogP contribution is 2.24. The van der Waals surface area contributed by atoms with Gasteiger partial charge >= 0.3 is 12.1 Å². The van der Waals surface area contributed by atoms with Gasteiger partial charge in [0.1, 0.15) is 5.92 Å². The van der Waals surface area contributed by atoms with Gasteiger partial charge in [0.15, 0.2) is 0 Å². The van der Waals surface area contributed by atoms with Crippen LogP contribution >= 0.6 is 0 Å². The van der Waals surface area contributed by atoms with Crippen molar-refractivity contribution < 1.29 is 27.5 Å². The molecule has 1 unspecified atom stereocenters. The van der Waals surface area contributed by atoms with Crippen molar-refractivity contribution in [1.29, 1.82) is 0 Å². The Morgan fingerprint density at radius 3 is 2.20 bits per heavy atom. The first-order valence-electron chi connectivity index (χ1n) is 6.09. The molecule has 0 aliphatic heterocycles. The molecule has 3 nitrogen and oxygen atoms in total. The van der Waals surface area contributed by atoms with E-state index < -0.39 is 23.8 Å². The second kappa shape index (κ2) is 6.54. The lowest BCUT2D eigenvalue weighted by Crippen LogP contribution is -2.37. The molecule has 0 bridgehead atoms. The fraction of sp³-hybridized carbons (Fsp3) is 0.429. The number of rotatable bonds is 5. The van der Waals surface area contributed by atoms with Crippen LogP contribution < -0.4 is 0 Å². The molecule has 0 radical (unpaired) electrons. The summed E-state index contributed by atoms with van der Waals surface area (Å²) in [5.41, 5.74) is 1.41. The van der Waals surface area contributed by atoms with Crippen LogP contribution in [0.4, 0.5) is 13.2 Å². The Balaban J connectivity index is 2.96. The first kappa shape index (κ1) is 16.2. The minimum absolute atomic E-state index is 0.0750. The van der Waals surface area contributed by atoms with E-state index in [0.29, 0.717) is 5.56 Å². The Bertz CT molecular complexity index is 477. The SMILES string of the molecule is CCOC(=O)C(Cc1ccc(C)cc1)C(=O)C(F)(F)F. The van der Waals surface area contributed by atoms with Crippen LogP contribution in [0.15, 0.2) is 24.3 Å². The van der Waals surface area contributed by atoms with E-state index in [1.54, 1.807) is 24.3 Å². The monoisotopic (exact) mass is 288 g/mol. The lowest BCUT2D eigenvalue weighted by atomic mass is 9.94. The summed E-state index contributed by atoms with van der Waals surface area (Å²) in [6.07, 6.45) is -5.38. The summed E-state index contributed by atoms with van der Waals surface area (Å²) < 4.78 is 42.1. The summed E-state index contributed by atoms with van der Waals surface area (Å²) in [6, 6.07) is 6.58. The van der Waals surface area contributed by atoms with Crippen molar-refractivity contribution in [1.82, 2.24) is 0 Å². The van der Waals surface area contributed by atoms with Gasteiger partial charge in [0.2, 0.25) is 0 Å². The maximum atomic E-state index is 12.5. The predicted molar refractivity (Wildman–Crippen MR) is 66.1 cm³/mol. The van der Waals surface area contributed by atoms with Gasteiger partial charge in [-0.25, -0.2) is 0 Å². The lowest BCUT2D eigenvalue weighted by Gasteiger charge is -2.16. The molecule has 0 N–H and O–H groups in total. The second-order valence-corrected chi connectivity index (χ2v) is 4.36. The Morgan fingerprint density at radius 1 is 1.20 bits per heavy atom. The standard InChI is InChI=1S/C14H15F3O3/c1-3-20-13(19)11(12(18)14(15,16)17)8-10-6-4-9(2)5-7-10/h4-7,11H,3,8H2,1-2H3. The molecule has 0 heterocycles. The molecular weight excluding hydrogens is 273 g/mol. The zero-order chi connectivity index (χ0) is 15.3. The number of ketones is 1. The van der Waals surface area contributed by atoms with Crippen molar-refractivity contribution in [2.24, 2.45) is 5.92 Å². The van der Waals surface area contributed by atoms with Gasteiger partial charge in [-0.2, -0.15) is 13.2 Å². The van der Waals surface area contributed by atoms with Crippen LogP contribution in [0.2, 0.25) is 0 Å². The minimum atomic E-state index is -5.05. The third-order valence-corrected chi connectivity index (χ3v) is 2.73. The summed E-state index contributed by atoms with van der Waals surface area (Å²) in [4.78, 5) is 22.9. The van der Waals surface area contributed by atoms with Crippen LogP contribution in [0.25, 0.3) is 0 Å². The number of aryl methyl sites for hydroxylation is 1. The van der Waals surface area contributed by atoms with Crippen LogP contribution in [0, 0.1) is 12.8 Å². The number of carbonyl (C=O) groups is 2. The van der Waals surface area contributed by atoms with Gasteiger partial charge in [-0.1, -0.05) is 29.8 Å². The van der Waals surface area contributed by atoms with Crippen molar-refractivity contribution in [3.63, 3.8) is 0 Å². The average molecular weight is 288 g/mol. The highest BCUT2D eigenvalue weighted by molar-refractivity contribution is 6.02. The lowest BCUT2D eigenvalue weighted by molar-refractivity contribution is -0.180. The fourth-order valence-electron chi connectivity index (χ4n) is 1.68.